The minimum Gasteiger partial charge on any atom is -0.497 e. The molecule has 5 heterocycles. The van der Waals surface area contributed by atoms with Gasteiger partial charge >= 0.3 is 5.97 Å². The van der Waals surface area contributed by atoms with Gasteiger partial charge in [-0.1, -0.05) is 6.08 Å². The number of amides is 1. The molecule has 4 saturated heterocycles. The number of pyridine rings is 1. The normalized spacial score (nSPS) is 29.0. The second-order valence-electron chi connectivity index (χ2n) is 8.97. The van der Waals surface area contributed by atoms with Crippen LogP contribution in [-0.4, -0.2) is 64.3 Å². The predicted molar refractivity (Wildman–Crippen MR) is 124 cm³/mol. The Balaban J connectivity index is 0.000000243. The molecule has 4 unspecified atom stereocenters. The summed E-state index contributed by atoms with van der Waals surface area (Å²) in [6, 6.07) is 7.32. The lowest BCUT2D eigenvalue weighted by molar-refractivity contribution is -0.140. The molecule has 6 atom stereocenters. The van der Waals surface area contributed by atoms with Crippen LogP contribution in [0.15, 0.2) is 43.1 Å². The van der Waals surface area contributed by atoms with E-state index in [2.05, 4.69) is 27.9 Å². The van der Waals surface area contributed by atoms with Crippen LogP contribution in [-0.2, 0) is 9.59 Å². The van der Waals surface area contributed by atoms with E-state index in [1.807, 2.05) is 24.3 Å². The lowest BCUT2D eigenvalue weighted by Gasteiger charge is -2.50. The number of piperidine rings is 3. The van der Waals surface area contributed by atoms with Crippen molar-refractivity contribution in [2.45, 2.75) is 43.9 Å². The summed E-state index contributed by atoms with van der Waals surface area (Å²) >= 11 is 0. The SMILES string of the molecule is C=CC1CN2CCC1CC2[C@H](O)c1ccnc2ccc(OC)cc12.O=C1CC[C@@H](C(=O)O)N1. The summed E-state index contributed by atoms with van der Waals surface area (Å²) in [5.74, 6) is 0.899. The molecule has 6 rings (SSSR count). The fraction of sp³-hybridized carbons (Fsp3) is 0.480. The van der Waals surface area contributed by atoms with Gasteiger partial charge in [0, 0.05) is 30.6 Å². The van der Waals surface area contributed by atoms with Gasteiger partial charge in [-0.25, -0.2) is 4.79 Å². The van der Waals surface area contributed by atoms with Crippen LogP contribution in [0.3, 0.4) is 0 Å². The number of aliphatic hydroxyl groups excluding tert-OH is 1. The maximum absolute atomic E-state index is 11.2. The number of aliphatic carboxylic acids is 1. The van der Waals surface area contributed by atoms with Crippen molar-refractivity contribution < 1.29 is 24.5 Å². The molecule has 4 aliphatic rings. The number of carbonyl (C=O) groups is 2. The minimum atomic E-state index is -0.944. The van der Waals surface area contributed by atoms with Crippen LogP contribution < -0.4 is 10.1 Å². The zero-order chi connectivity index (χ0) is 23.5. The number of fused-ring (bicyclic) bond motifs is 4. The van der Waals surface area contributed by atoms with E-state index < -0.39 is 18.1 Å². The van der Waals surface area contributed by atoms with Gasteiger partial charge in [-0.05, 0) is 67.5 Å². The van der Waals surface area contributed by atoms with Crippen LogP contribution >= 0.6 is 0 Å². The van der Waals surface area contributed by atoms with Gasteiger partial charge in [0.15, 0.2) is 0 Å². The standard InChI is InChI=1S/C20H24N2O2.C5H7NO3/c1-3-13-12-22-9-7-14(13)10-19(22)20(23)16-6-8-21-18-5-4-15(24-2)11-17(16)18;7-4-2-1-3(6-4)5(8)9/h3-6,8,11,13-14,19-20,23H,1,7,9-10,12H2,2H3;3H,1-2H2,(H,6,7)(H,8,9)/t13?,14?,19?,20-;3-/m10/s1. The molecule has 176 valence electrons. The van der Waals surface area contributed by atoms with Crippen molar-refractivity contribution in [3.63, 3.8) is 0 Å². The third kappa shape index (κ3) is 4.86. The number of rotatable bonds is 5. The van der Waals surface area contributed by atoms with Crippen molar-refractivity contribution in [3.8, 4) is 5.75 Å². The Morgan fingerprint density at radius 3 is 2.76 bits per heavy atom. The summed E-state index contributed by atoms with van der Waals surface area (Å²) in [5.41, 5.74) is 1.85. The van der Waals surface area contributed by atoms with E-state index in [0.29, 0.717) is 24.7 Å². The second-order valence-corrected chi connectivity index (χ2v) is 8.97. The van der Waals surface area contributed by atoms with Crippen molar-refractivity contribution in [3.05, 3.63) is 48.7 Å². The number of carboxylic acid groups (broad SMARTS) is 1. The van der Waals surface area contributed by atoms with Crippen molar-refractivity contribution in [2.24, 2.45) is 11.8 Å². The van der Waals surface area contributed by atoms with E-state index in [0.717, 1.165) is 41.7 Å². The fourth-order valence-electron chi connectivity index (χ4n) is 5.24. The van der Waals surface area contributed by atoms with Gasteiger partial charge in [-0.2, -0.15) is 0 Å². The highest BCUT2D eigenvalue weighted by molar-refractivity contribution is 5.87. The molecule has 8 heteroatoms. The average molecular weight is 454 g/mol. The highest BCUT2D eigenvalue weighted by atomic mass is 16.5. The molecule has 0 aliphatic carbocycles. The van der Waals surface area contributed by atoms with Gasteiger partial charge in [0.1, 0.15) is 11.8 Å². The maximum atomic E-state index is 11.2. The van der Waals surface area contributed by atoms with Gasteiger partial charge in [0.25, 0.3) is 0 Å². The number of carboxylic acids is 1. The fourth-order valence-corrected chi connectivity index (χ4v) is 5.24. The Hall–Kier alpha value is -2.97. The van der Waals surface area contributed by atoms with Crippen LogP contribution in [0.2, 0.25) is 0 Å². The van der Waals surface area contributed by atoms with Crippen molar-refractivity contribution in [1.29, 1.82) is 0 Å². The Labute approximate surface area is 193 Å². The maximum Gasteiger partial charge on any atom is 0.326 e. The summed E-state index contributed by atoms with van der Waals surface area (Å²) in [6.07, 6.45) is 6.39. The zero-order valence-corrected chi connectivity index (χ0v) is 18.8. The molecule has 4 aliphatic heterocycles. The molecule has 2 aromatic rings. The van der Waals surface area contributed by atoms with Gasteiger partial charge < -0.3 is 20.3 Å². The van der Waals surface area contributed by atoms with Crippen molar-refractivity contribution in [1.82, 2.24) is 15.2 Å². The van der Waals surface area contributed by atoms with Crippen LogP contribution in [0.5, 0.6) is 5.75 Å². The van der Waals surface area contributed by atoms with Gasteiger partial charge in [0.2, 0.25) is 5.91 Å². The van der Waals surface area contributed by atoms with E-state index in [-0.39, 0.29) is 11.9 Å². The minimum absolute atomic E-state index is 0.164. The molecule has 0 spiro atoms. The quantitative estimate of drug-likeness (QED) is 0.597. The monoisotopic (exact) mass is 453 g/mol. The number of methoxy groups -OCH3 is 1. The summed E-state index contributed by atoms with van der Waals surface area (Å²) < 4.78 is 5.35. The van der Waals surface area contributed by atoms with Crippen LogP contribution in [0.1, 0.15) is 37.4 Å². The van der Waals surface area contributed by atoms with E-state index in [1.165, 1.54) is 6.42 Å². The molecule has 1 aromatic heterocycles. The first kappa shape index (κ1) is 23.2. The number of hydrogen-bond donors (Lipinski definition) is 3. The van der Waals surface area contributed by atoms with E-state index in [4.69, 9.17) is 9.84 Å². The number of aromatic nitrogens is 1. The Kier molecular flexibility index (Phi) is 6.95. The largest absolute Gasteiger partial charge is 0.497 e. The molecule has 0 saturated carbocycles. The van der Waals surface area contributed by atoms with Gasteiger partial charge in [-0.15, -0.1) is 6.58 Å². The Bertz CT molecular complexity index is 1040. The van der Waals surface area contributed by atoms with E-state index >= 15 is 0 Å². The third-order valence-corrected chi connectivity index (χ3v) is 7.11. The highest BCUT2D eigenvalue weighted by Crippen LogP contribution is 2.42. The average Bonchev–Trinajstić information content (AvgIpc) is 3.30. The Morgan fingerprint density at radius 2 is 2.18 bits per heavy atom. The molecule has 8 nitrogen and oxygen atoms in total. The molecule has 1 aromatic carbocycles. The number of hydrogen-bond acceptors (Lipinski definition) is 6. The van der Waals surface area contributed by atoms with E-state index in [1.54, 1.807) is 13.3 Å². The second kappa shape index (κ2) is 9.89. The highest BCUT2D eigenvalue weighted by Gasteiger charge is 2.42. The molecule has 33 heavy (non-hydrogen) atoms. The van der Waals surface area contributed by atoms with Crippen LogP contribution in [0, 0.1) is 11.8 Å². The summed E-state index contributed by atoms with van der Waals surface area (Å²) in [5, 5.41) is 22.8. The molecule has 4 fully saturated rings. The molecule has 1 amide bonds. The molecular weight excluding hydrogens is 422 g/mol. The first-order valence-corrected chi connectivity index (χ1v) is 11.4. The van der Waals surface area contributed by atoms with Crippen molar-refractivity contribution >= 4 is 22.8 Å². The molecule has 0 radical (unpaired) electrons. The first-order valence-electron chi connectivity index (χ1n) is 11.4. The molecular formula is C25H31N3O5. The molecule has 2 bridgehead atoms. The lowest BCUT2D eigenvalue weighted by atomic mass is 9.73. The zero-order valence-electron chi connectivity index (χ0n) is 18.8. The molecule has 3 N–H and O–H groups in total. The van der Waals surface area contributed by atoms with Crippen LogP contribution in [0.4, 0.5) is 0 Å². The van der Waals surface area contributed by atoms with Gasteiger partial charge in [-0.3, -0.25) is 14.7 Å². The summed E-state index contributed by atoms with van der Waals surface area (Å²) in [6.45, 7) is 6.07. The number of benzene rings is 1. The third-order valence-electron chi connectivity index (χ3n) is 7.11. The lowest BCUT2D eigenvalue weighted by Crippen LogP contribution is -2.54. The summed E-state index contributed by atoms with van der Waals surface area (Å²) in [7, 11) is 1.66. The number of nitrogens with one attached hydrogen (secondary N) is 1. The predicted octanol–water partition coefficient (Wildman–Crippen LogP) is 2.52. The smallest absolute Gasteiger partial charge is 0.326 e. The van der Waals surface area contributed by atoms with E-state index in [9.17, 15) is 14.7 Å². The number of nitrogens with zero attached hydrogens (tertiary/aromatic N) is 2. The van der Waals surface area contributed by atoms with Crippen LogP contribution in [0.25, 0.3) is 10.9 Å². The number of aliphatic hydroxyl groups is 1. The topological polar surface area (TPSA) is 112 Å². The number of ether oxygens (including phenoxy) is 1. The summed E-state index contributed by atoms with van der Waals surface area (Å²) in [4.78, 5) is 27.4. The number of carbonyl (C=O) groups excluding carboxylic acids is 1. The van der Waals surface area contributed by atoms with Gasteiger partial charge in [0.05, 0.1) is 18.7 Å². The first-order chi connectivity index (χ1) is 15.9. The Morgan fingerprint density at radius 1 is 1.36 bits per heavy atom. The van der Waals surface area contributed by atoms with Crippen molar-refractivity contribution in [2.75, 3.05) is 20.2 Å².